The molecule has 1 N–H and O–H groups in total. The van der Waals surface area contributed by atoms with E-state index in [1.807, 2.05) is 0 Å². The fourth-order valence-electron chi connectivity index (χ4n) is 2.32. The maximum atomic E-state index is 3.56. The molecule has 0 saturated carbocycles. The van der Waals surface area contributed by atoms with Gasteiger partial charge in [-0.2, -0.15) is 0 Å². The summed E-state index contributed by atoms with van der Waals surface area (Å²) in [7, 11) is 0. The van der Waals surface area contributed by atoms with Crippen LogP contribution in [0.2, 0.25) is 0 Å². The molecule has 0 atom stereocenters. The average Bonchev–Trinajstić information content (AvgIpc) is 2.57. The van der Waals surface area contributed by atoms with Gasteiger partial charge in [0, 0.05) is 18.5 Å². The average molecular weight is 297 g/mol. The first-order chi connectivity index (χ1) is 10.8. The van der Waals surface area contributed by atoms with Gasteiger partial charge in [0.05, 0.1) is 0 Å². The van der Waals surface area contributed by atoms with Gasteiger partial charge in [-0.15, -0.1) is 0 Å². The minimum atomic E-state index is 0.948. The van der Waals surface area contributed by atoms with Gasteiger partial charge in [0.2, 0.25) is 0 Å². The highest BCUT2D eigenvalue weighted by molar-refractivity contribution is 5.81. The highest BCUT2D eigenvalue weighted by Gasteiger charge is 2.05. The van der Waals surface area contributed by atoms with Gasteiger partial charge in [-0.3, -0.25) is 0 Å². The van der Waals surface area contributed by atoms with Crippen molar-refractivity contribution in [2.24, 2.45) is 0 Å². The van der Waals surface area contributed by atoms with Gasteiger partial charge in [0.25, 0.3) is 0 Å². The number of benzene rings is 1. The van der Waals surface area contributed by atoms with Crippen LogP contribution in [-0.4, -0.2) is 13.1 Å². The van der Waals surface area contributed by atoms with E-state index in [1.165, 1.54) is 42.4 Å². The summed E-state index contributed by atoms with van der Waals surface area (Å²) in [5.41, 5.74) is 3.90. The van der Waals surface area contributed by atoms with Gasteiger partial charge in [0.1, 0.15) is 0 Å². The van der Waals surface area contributed by atoms with E-state index in [1.54, 1.807) is 0 Å². The van der Waals surface area contributed by atoms with Gasteiger partial charge in [-0.1, -0.05) is 75.8 Å². The molecule has 0 bridgehead atoms. The second-order valence-electron chi connectivity index (χ2n) is 5.63. The molecule has 1 nitrogen and oxygen atoms in total. The molecule has 0 heterocycles. The van der Waals surface area contributed by atoms with Crippen LogP contribution in [0.4, 0.5) is 0 Å². The molecule has 0 amide bonds. The molecule has 0 saturated heterocycles. The number of unbranched alkanes of at least 4 members (excludes halogenated alkanes) is 3. The molecule has 0 fully saturated rings. The second kappa shape index (κ2) is 12.1. The number of hydrogen-bond donors (Lipinski definition) is 1. The maximum Gasteiger partial charge on any atom is 0.0322 e. The molecular weight excluding hydrogens is 266 g/mol. The first-order valence-electron chi connectivity index (χ1n) is 8.80. The Hall–Kier alpha value is -1.52. The number of allylic oxidation sites excluding steroid dienone is 1. The summed E-state index contributed by atoms with van der Waals surface area (Å²) in [6, 6.07) is 10.6. The second-order valence-corrected chi connectivity index (χ2v) is 5.63. The van der Waals surface area contributed by atoms with Crippen LogP contribution in [0.1, 0.15) is 64.9 Å². The number of nitrogens with one attached hydrogen (secondary N) is 1. The Labute approximate surface area is 137 Å². The van der Waals surface area contributed by atoms with Gasteiger partial charge < -0.3 is 5.32 Å². The van der Waals surface area contributed by atoms with E-state index in [0.29, 0.717) is 0 Å². The summed E-state index contributed by atoms with van der Waals surface area (Å²) >= 11 is 0. The summed E-state index contributed by atoms with van der Waals surface area (Å²) < 4.78 is 0. The van der Waals surface area contributed by atoms with Crippen molar-refractivity contribution in [2.45, 2.75) is 59.3 Å². The molecule has 1 aromatic rings. The molecule has 1 rings (SSSR count). The molecule has 0 aliphatic carbocycles. The third kappa shape index (κ3) is 6.96. The van der Waals surface area contributed by atoms with Crippen molar-refractivity contribution >= 4 is 5.57 Å². The van der Waals surface area contributed by atoms with E-state index in [2.05, 4.69) is 68.3 Å². The van der Waals surface area contributed by atoms with Crippen molar-refractivity contribution in [1.29, 1.82) is 0 Å². The topological polar surface area (TPSA) is 12.0 Å². The fraction of sp³-hybridized carbons (Fsp3) is 0.524. The molecule has 1 aromatic carbocycles. The first-order valence-corrected chi connectivity index (χ1v) is 8.80. The quantitative estimate of drug-likeness (QED) is 0.473. The zero-order chi connectivity index (χ0) is 16.0. The lowest BCUT2D eigenvalue weighted by Gasteiger charge is -2.11. The molecule has 0 aliphatic rings. The maximum absolute atomic E-state index is 3.56. The lowest BCUT2D eigenvalue weighted by atomic mass is 9.98. The molecule has 0 unspecified atom stereocenters. The van der Waals surface area contributed by atoms with E-state index >= 15 is 0 Å². The predicted octanol–water partition coefficient (Wildman–Crippen LogP) is 5.43. The normalized spacial score (nSPS) is 11.6. The molecular formula is C21H31N. The molecule has 0 aromatic heterocycles. The van der Waals surface area contributed by atoms with Gasteiger partial charge >= 0.3 is 0 Å². The van der Waals surface area contributed by atoms with Crippen molar-refractivity contribution in [1.82, 2.24) is 5.32 Å². The molecule has 0 radical (unpaired) electrons. The lowest BCUT2D eigenvalue weighted by Crippen LogP contribution is -2.18. The van der Waals surface area contributed by atoms with Crippen molar-refractivity contribution in [3.8, 4) is 11.8 Å². The number of hydrogen-bond acceptors (Lipinski definition) is 1. The molecule has 1 heteroatoms. The summed E-state index contributed by atoms with van der Waals surface area (Å²) in [5, 5.41) is 3.56. The van der Waals surface area contributed by atoms with Crippen LogP contribution < -0.4 is 5.32 Å². The van der Waals surface area contributed by atoms with E-state index in [9.17, 15) is 0 Å². The molecule has 0 spiro atoms. The third-order valence-corrected chi connectivity index (χ3v) is 3.76. The Kier molecular flexibility index (Phi) is 10.2. The highest BCUT2D eigenvalue weighted by Crippen LogP contribution is 2.20. The van der Waals surface area contributed by atoms with Crippen LogP contribution in [0.5, 0.6) is 0 Å². The van der Waals surface area contributed by atoms with Crippen LogP contribution in [-0.2, 0) is 0 Å². The van der Waals surface area contributed by atoms with Crippen LogP contribution >= 0.6 is 0 Å². The van der Waals surface area contributed by atoms with Gasteiger partial charge in [-0.25, -0.2) is 0 Å². The first kappa shape index (κ1) is 18.5. The fourth-order valence-corrected chi connectivity index (χ4v) is 2.32. The third-order valence-electron chi connectivity index (χ3n) is 3.76. The SMILES string of the molecule is CCCCC#C/C(=C(/CC)CNCCCC)c1ccccc1. The number of rotatable bonds is 9. The Morgan fingerprint density at radius 3 is 2.36 bits per heavy atom. The molecule has 0 aliphatic heterocycles. The van der Waals surface area contributed by atoms with Crippen LogP contribution in [0, 0.1) is 11.8 Å². The predicted molar refractivity (Wildman–Crippen MR) is 98.7 cm³/mol. The van der Waals surface area contributed by atoms with Crippen molar-refractivity contribution in [2.75, 3.05) is 13.1 Å². The van der Waals surface area contributed by atoms with Gasteiger partial charge in [0.15, 0.2) is 0 Å². The zero-order valence-electron chi connectivity index (χ0n) is 14.5. The van der Waals surface area contributed by atoms with Crippen molar-refractivity contribution in [3.05, 3.63) is 41.5 Å². The van der Waals surface area contributed by atoms with E-state index in [-0.39, 0.29) is 0 Å². The molecule has 22 heavy (non-hydrogen) atoms. The zero-order valence-corrected chi connectivity index (χ0v) is 14.5. The van der Waals surface area contributed by atoms with E-state index in [4.69, 9.17) is 0 Å². The van der Waals surface area contributed by atoms with Crippen LogP contribution in [0.15, 0.2) is 35.9 Å². The van der Waals surface area contributed by atoms with Crippen LogP contribution in [0.25, 0.3) is 5.57 Å². The van der Waals surface area contributed by atoms with Crippen LogP contribution in [0.3, 0.4) is 0 Å². The minimum absolute atomic E-state index is 0.948. The Balaban J connectivity index is 2.93. The monoisotopic (exact) mass is 297 g/mol. The Bertz CT molecular complexity index is 488. The van der Waals surface area contributed by atoms with E-state index in [0.717, 1.165) is 25.9 Å². The Morgan fingerprint density at radius 1 is 1.00 bits per heavy atom. The largest absolute Gasteiger partial charge is 0.313 e. The standard InChI is InChI=1S/C21H31N/c1-4-7-9-13-16-21(20-14-11-10-12-15-20)19(6-3)18-22-17-8-5-2/h10-12,14-15,22H,4-9,17-18H2,1-3H3/b21-19+. The summed E-state index contributed by atoms with van der Waals surface area (Å²) in [6.07, 6.45) is 6.91. The highest BCUT2D eigenvalue weighted by atomic mass is 14.8. The summed E-state index contributed by atoms with van der Waals surface area (Å²) in [6.45, 7) is 8.71. The van der Waals surface area contributed by atoms with Gasteiger partial charge in [-0.05, 0) is 36.9 Å². The lowest BCUT2D eigenvalue weighted by molar-refractivity contribution is 0.665. The Morgan fingerprint density at radius 2 is 1.73 bits per heavy atom. The summed E-state index contributed by atoms with van der Waals surface area (Å²) in [4.78, 5) is 0. The smallest absolute Gasteiger partial charge is 0.0322 e. The summed E-state index contributed by atoms with van der Waals surface area (Å²) in [5.74, 6) is 6.82. The molecule has 120 valence electrons. The van der Waals surface area contributed by atoms with E-state index < -0.39 is 0 Å². The van der Waals surface area contributed by atoms with Crippen molar-refractivity contribution in [3.63, 3.8) is 0 Å². The minimum Gasteiger partial charge on any atom is -0.313 e. The van der Waals surface area contributed by atoms with Crippen molar-refractivity contribution < 1.29 is 0 Å².